The van der Waals surface area contributed by atoms with Gasteiger partial charge in [-0.05, 0) is 41.2 Å². The van der Waals surface area contributed by atoms with Gasteiger partial charge >= 0.3 is 6.36 Å². The van der Waals surface area contributed by atoms with Crippen LogP contribution in [-0.4, -0.2) is 16.5 Å². The van der Waals surface area contributed by atoms with Gasteiger partial charge in [0, 0.05) is 12.4 Å². The minimum atomic E-state index is -4.79. The molecule has 0 aliphatic rings. The zero-order valence-corrected chi connectivity index (χ0v) is 13.9. The van der Waals surface area contributed by atoms with E-state index in [0.717, 1.165) is 0 Å². The second-order valence-corrected chi connectivity index (χ2v) is 6.57. The summed E-state index contributed by atoms with van der Waals surface area (Å²) in [7, 11) is 0. The summed E-state index contributed by atoms with van der Waals surface area (Å²) in [6.45, 7) is 3.72. The van der Waals surface area contributed by atoms with E-state index >= 15 is 0 Å². The van der Waals surface area contributed by atoms with Crippen molar-refractivity contribution in [3.63, 3.8) is 0 Å². The molecule has 3 nitrogen and oxygen atoms in total. The lowest BCUT2D eigenvalue weighted by Gasteiger charge is -2.31. The number of aliphatic hydroxyl groups is 1. The van der Waals surface area contributed by atoms with Crippen LogP contribution in [0.1, 0.15) is 31.1 Å². The first-order valence-electron chi connectivity index (χ1n) is 7.21. The highest BCUT2D eigenvalue weighted by atomic mass is 35.5. The van der Waals surface area contributed by atoms with Gasteiger partial charge in [0.25, 0.3) is 0 Å². The van der Waals surface area contributed by atoms with Crippen molar-refractivity contribution in [2.24, 2.45) is 5.41 Å². The maximum atomic E-state index is 12.3. The number of pyridine rings is 1. The van der Waals surface area contributed by atoms with Gasteiger partial charge in [-0.2, -0.15) is 0 Å². The predicted molar refractivity (Wildman–Crippen MR) is 84.8 cm³/mol. The van der Waals surface area contributed by atoms with E-state index in [4.69, 9.17) is 11.6 Å². The number of hydrogen-bond donors (Lipinski definition) is 1. The van der Waals surface area contributed by atoms with Crippen molar-refractivity contribution < 1.29 is 23.0 Å². The first-order valence-corrected chi connectivity index (χ1v) is 7.58. The van der Waals surface area contributed by atoms with Crippen molar-refractivity contribution in [3.05, 3.63) is 58.9 Å². The predicted octanol–water partition coefficient (Wildman–Crippen LogP) is 4.94. The van der Waals surface area contributed by atoms with E-state index < -0.39 is 23.6 Å². The molecule has 0 spiro atoms. The quantitative estimate of drug-likeness (QED) is 0.822. The van der Waals surface area contributed by atoms with Gasteiger partial charge in [-0.15, -0.1) is 13.2 Å². The maximum Gasteiger partial charge on any atom is 0.573 e. The van der Waals surface area contributed by atoms with Crippen LogP contribution < -0.4 is 4.74 Å². The Morgan fingerprint density at radius 1 is 1.25 bits per heavy atom. The number of aromatic nitrogens is 1. The summed E-state index contributed by atoms with van der Waals surface area (Å²) >= 11 is 5.86. The fourth-order valence-corrected chi connectivity index (χ4v) is 2.72. The van der Waals surface area contributed by atoms with E-state index in [9.17, 15) is 18.3 Å². The highest BCUT2D eigenvalue weighted by Gasteiger charge is 2.33. The molecule has 7 heteroatoms. The van der Waals surface area contributed by atoms with Gasteiger partial charge in [0.05, 0.1) is 11.1 Å². The SMILES string of the molecule is CC(C)(Cc1ccc(OC(F)(F)F)c(Cl)c1)C(O)c1cccnc1. The van der Waals surface area contributed by atoms with Crippen molar-refractivity contribution in [2.75, 3.05) is 0 Å². The Balaban J connectivity index is 2.16. The summed E-state index contributed by atoms with van der Waals surface area (Å²) in [5.41, 5.74) is 0.798. The topological polar surface area (TPSA) is 42.4 Å². The lowest BCUT2D eigenvalue weighted by atomic mass is 9.78. The van der Waals surface area contributed by atoms with E-state index in [2.05, 4.69) is 9.72 Å². The van der Waals surface area contributed by atoms with Gasteiger partial charge < -0.3 is 9.84 Å². The molecule has 0 aliphatic heterocycles. The number of nitrogens with zero attached hydrogens (tertiary/aromatic N) is 1. The van der Waals surface area contributed by atoms with Gasteiger partial charge in [-0.25, -0.2) is 0 Å². The fourth-order valence-electron chi connectivity index (χ4n) is 2.47. The summed E-state index contributed by atoms with van der Waals surface area (Å²) < 4.78 is 40.6. The van der Waals surface area contributed by atoms with Crippen molar-refractivity contribution in [2.45, 2.75) is 32.7 Å². The lowest BCUT2D eigenvalue weighted by Crippen LogP contribution is -2.25. The van der Waals surface area contributed by atoms with Crippen molar-refractivity contribution in [1.82, 2.24) is 4.98 Å². The molecule has 2 rings (SSSR count). The highest BCUT2D eigenvalue weighted by Crippen LogP contribution is 2.38. The number of ether oxygens (including phenoxy) is 1. The molecular formula is C17H17ClF3NO2. The number of halogens is 4. The molecule has 1 atom stereocenters. The molecular weight excluding hydrogens is 343 g/mol. The molecule has 1 heterocycles. The number of aliphatic hydroxyl groups excluding tert-OH is 1. The van der Waals surface area contributed by atoms with Crippen molar-refractivity contribution >= 4 is 11.6 Å². The Labute approximate surface area is 143 Å². The minimum absolute atomic E-state index is 0.128. The molecule has 130 valence electrons. The van der Waals surface area contributed by atoms with E-state index in [0.29, 0.717) is 17.5 Å². The van der Waals surface area contributed by atoms with Crippen LogP contribution in [0.3, 0.4) is 0 Å². The average molecular weight is 360 g/mol. The van der Waals surface area contributed by atoms with Crippen LogP contribution in [0.5, 0.6) is 5.75 Å². The number of benzene rings is 1. The van der Waals surface area contributed by atoms with Gasteiger partial charge in [0.15, 0.2) is 0 Å². The zero-order chi connectivity index (χ0) is 18.0. The smallest absolute Gasteiger partial charge is 0.404 e. The molecule has 0 saturated carbocycles. The summed E-state index contributed by atoms with van der Waals surface area (Å²) in [5.74, 6) is -0.446. The molecule has 24 heavy (non-hydrogen) atoms. The van der Waals surface area contributed by atoms with Gasteiger partial charge in [0.2, 0.25) is 0 Å². The molecule has 0 radical (unpaired) electrons. The molecule has 0 saturated heterocycles. The van der Waals surface area contributed by atoms with E-state index in [-0.39, 0.29) is 5.02 Å². The third-order valence-corrected chi connectivity index (χ3v) is 3.92. The van der Waals surface area contributed by atoms with Crippen LogP contribution in [0.2, 0.25) is 5.02 Å². The third-order valence-electron chi connectivity index (χ3n) is 3.62. The van der Waals surface area contributed by atoms with E-state index in [1.54, 1.807) is 24.5 Å². The molecule has 2 aromatic rings. The molecule has 1 N–H and O–H groups in total. The summed E-state index contributed by atoms with van der Waals surface area (Å²) in [6.07, 6.45) is -1.96. The monoisotopic (exact) mass is 359 g/mol. The van der Waals surface area contributed by atoms with Gasteiger partial charge in [-0.3, -0.25) is 4.98 Å². The molecule has 1 aromatic carbocycles. The van der Waals surface area contributed by atoms with Crippen LogP contribution in [0, 0.1) is 5.41 Å². The second kappa shape index (κ2) is 6.99. The van der Waals surface area contributed by atoms with Crippen molar-refractivity contribution in [3.8, 4) is 5.75 Å². The molecule has 0 bridgehead atoms. The highest BCUT2D eigenvalue weighted by molar-refractivity contribution is 6.32. The lowest BCUT2D eigenvalue weighted by molar-refractivity contribution is -0.274. The largest absolute Gasteiger partial charge is 0.573 e. The molecule has 1 unspecified atom stereocenters. The Morgan fingerprint density at radius 2 is 1.96 bits per heavy atom. The van der Waals surface area contributed by atoms with Gasteiger partial charge in [0.1, 0.15) is 5.75 Å². The molecule has 0 aliphatic carbocycles. The Bertz CT molecular complexity index is 690. The zero-order valence-electron chi connectivity index (χ0n) is 13.1. The molecule has 0 amide bonds. The number of hydrogen-bond acceptors (Lipinski definition) is 3. The number of alkyl halides is 3. The summed E-state index contributed by atoms with van der Waals surface area (Å²) in [6, 6.07) is 7.60. The van der Waals surface area contributed by atoms with Crippen molar-refractivity contribution in [1.29, 1.82) is 0 Å². The Kier molecular flexibility index (Phi) is 5.40. The normalized spacial score (nSPS) is 13.6. The maximum absolute atomic E-state index is 12.3. The Morgan fingerprint density at radius 3 is 2.50 bits per heavy atom. The first kappa shape index (κ1) is 18.5. The third kappa shape index (κ3) is 4.85. The van der Waals surface area contributed by atoms with Crippen LogP contribution in [-0.2, 0) is 6.42 Å². The molecule has 1 aromatic heterocycles. The summed E-state index contributed by atoms with van der Waals surface area (Å²) in [5, 5.41) is 10.4. The van der Waals surface area contributed by atoms with Crippen LogP contribution in [0.25, 0.3) is 0 Å². The molecule has 0 fully saturated rings. The van der Waals surface area contributed by atoms with Crippen LogP contribution in [0.4, 0.5) is 13.2 Å². The van der Waals surface area contributed by atoms with E-state index in [1.807, 2.05) is 13.8 Å². The number of rotatable bonds is 5. The average Bonchev–Trinajstić information content (AvgIpc) is 2.48. The Hall–Kier alpha value is -1.79. The first-order chi connectivity index (χ1) is 11.1. The van der Waals surface area contributed by atoms with Crippen LogP contribution in [0.15, 0.2) is 42.7 Å². The summed E-state index contributed by atoms with van der Waals surface area (Å²) in [4.78, 5) is 3.98. The fraction of sp³-hybridized carbons (Fsp3) is 0.353. The van der Waals surface area contributed by atoms with Gasteiger partial charge in [-0.1, -0.05) is 37.6 Å². The standard InChI is InChI=1S/C17H17ClF3NO2/c1-16(2,15(23)12-4-3-7-22-10-12)9-11-5-6-14(13(18)8-11)24-17(19,20)21/h3-8,10,15,23H,9H2,1-2H3. The minimum Gasteiger partial charge on any atom is -0.404 e. The second-order valence-electron chi connectivity index (χ2n) is 6.17. The van der Waals surface area contributed by atoms with E-state index in [1.165, 1.54) is 18.2 Å². The van der Waals surface area contributed by atoms with Crippen LogP contribution >= 0.6 is 11.6 Å².